The molecule has 0 bridgehead atoms. The Morgan fingerprint density at radius 2 is 2.31 bits per heavy atom. The average Bonchev–Trinajstić information content (AvgIpc) is 2.56. The van der Waals surface area contributed by atoms with Crippen molar-refractivity contribution in [3.05, 3.63) is 39.7 Å². The second kappa shape index (κ2) is 3.02. The zero-order valence-electron chi connectivity index (χ0n) is 6.53. The smallest absolute Gasteiger partial charge is 0.323 e. The maximum absolute atomic E-state index is 10.8. The van der Waals surface area contributed by atoms with E-state index in [1.165, 1.54) is 6.20 Å². The van der Waals surface area contributed by atoms with Crippen LogP contribution < -0.4 is 5.69 Å². The van der Waals surface area contributed by atoms with Gasteiger partial charge in [0.25, 0.3) is 0 Å². The van der Waals surface area contributed by atoms with Crippen LogP contribution in [0.3, 0.4) is 0 Å². The van der Waals surface area contributed by atoms with Crippen molar-refractivity contribution >= 4 is 12.2 Å². The van der Waals surface area contributed by atoms with E-state index >= 15 is 0 Å². The fraction of sp³-hybridized carbons (Fsp3) is 0. The topological polar surface area (TPSA) is 61.8 Å². The molecule has 0 aromatic carbocycles. The van der Waals surface area contributed by atoms with Crippen LogP contribution in [-0.2, 0) is 0 Å². The lowest BCUT2D eigenvalue weighted by molar-refractivity contribution is 0.581. The van der Waals surface area contributed by atoms with E-state index in [4.69, 9.17) is 16.6 Å². The molecule has 0 unspecified atom stereocenters. The zero-order valence-corrected chi connectivity index (χ0v) is 7.35. The van der Waals surface area contributed by atoms with Gasteiger partial charge in [-0.2, -0.15) is 0 Å². The van der Waals surface area contributed by atoms with E-state index in [2.05, 4.69) is 9.97 Å². The third kappa shape index (κ3) is 1.46. The maximum atomic E-state index is 10.8. The highest BCUT2D eigenvalue weighted by molar-refractivity contribution is 7.71. The van der Waals surface area contributed by atoms with Crippen LogP contribution in [0.2, 0.25) is 0 Å². The van der Waals surface area contributed by atoms with Crippen molar-refractivity contribution in [2.75, 3.05) is 0 Å². The number of aromatic nitrogens is 2. The molecule has 0 radical (unpaired) electrons. The van der Waals surface area contributed by atoms with Gasteiger partial charge in [0.2, 0.25) is 0 Å². The summed E-state index contributed by atoms with van der Waals surface area (Å²) in [5.41, 5.74) is 0.361. The Balaban J connectivity index is 2.67. The maximum Gasteiger partial charge on any atom is 0.323 e. The highest BCUT2D eigenvalue weighted by atomic mass is 32.1. The summed E-state index contributed by atoms with van der Waals surface area (Å²) in [5.74, 6) is 0.637. The Hall–Kier alpha value is -1.62. The van der Waals surface area contributed by atoms with Crippen LogP contribution in [0.1, 0.15) is 0 Å². The number of nitrogens with one attached hydrogen (secondary N) is 2. The fourth-order valence-corrected chi connectivity index (χ4v) is 1.28. The molecule has 2 rings (SSSR count). The van der Waals surface area contributed by atoms with E-state index < -0.39 is 0 Å². The van der Waals surface area contributed by atoms with Gasteiger partial charge in [0.15, 0.2) is 0 Å². The van der Waals surface area contributed by atoms with Crippen molar-refractivity contribution in [1.29, 1.82) is 0 Å². The van der Waals surface area contributed by atoms with Gasteiger partial charge in [-0.1, -0.05) is 12.2 Å². The van der Waals surface area contributed by atoms with E-state index in [1.807, 2.05) is 0 Å². The quantitative estimate of drug-likeness (QED) is 0.679. The van der Waals surface area contributed by atoms with Crippen molar-refractivity contribution in [2.45, 2.75) is 0 Å². The molecule has 66 valence electrons. The zero-order chi connectivity index (χ0) is 9.26. The van der Waals surface area contributed by atoms with Crippen LogP contribution in [0.5, 0.6) is 0 Å². The highest BCUT2D eigenvalue weighted by Gasteiger charge is 2.02. The lowest BCUT2D eigenvalue weighted by atomic mass is 10.3. The van der Waals surface area contributed by atoms with Crippen LogP contribution in [-0.4, -0.2) is 9.97 Å². The molecule has 2 N–H and O–H groups in total. The number of furan rings is 1. The lowest BCUT2D eigenvalue weighted by Gasteiger charge is -1.94. The van der Waals surface area contributed by atoms with E-state index in [1.54, 1.807) is 18.4 Å². The molecule has 0 fully saturated rings. The third-order valence-corrected chi connectivity index (χ3v) is 1.93. The summed E-state index contributed by atoms with van der Waals surface area (Å²) in [6, 6.07) is 3.53. The molecule has 5 heteroatoms. The number of hydrogen-bond donors (Lipinski definition) is 2. The van der Waals surface area contributed by atoms with Gasteiger partial charge >= 0.3 is 5.69 Å². The van der Waals surface area contributed by atoms with Crippen LogP contribution in [0.25, 0.3) is 11.3 Å². The van der Waals surface area contributed by atoms with Gasteiger partial charge in [0, 0.05) is 6.20 Å². The summed E-state index contributed by atoms with van der Waals surface area (Å²) in [7, 11) is 0. The summed E-state index contributed by atoms with van der Waals surface area (Å²) >= 11 is 4.95. The highest BCUT2D eigenvalue weighted by Crippen LogP contribution is 2.17. The molecular formula is C8H6N2O2S. The SMILES string of the molecule is O=c1[nH]cc(-c2ccco2)c(=S)[nH]1. The minimum Gasteiger partial charge on any atom is -0.464 e. The van der Waals surface area contributed by atoms with Crippen molar-refractivity contribution in [3.8, 4) is 11.3 Å². The normalized spacial score (nSPS) is 10.2. The van der Waals surface area contributed by atoms with Crippen LogP contribution in [0.15, 0.2) is 33.8 Å². The van der Waals surface area contributed by atoms with Gasteiger partial charge in [-0.25, -0.2) is 4.79 Å². The van der Waals surface area contributed by atoms with Gasteiger partial charge in [-0.3, -0.25) is 4.98 Å². The molecule has 13 heavy (non-hydrogen) atoms. The molecule has 0 aliphatic rings. The van der Waals surface area contributed by atoms with E-state index in [9.17, 15) is 4.79 Å². The molecule has 0 saturated heterocycles. The first kappa shape index (κ1) is 8.00. The molecule has 0 aliphatic heterocycles. The first-order valence-electron chi connectivity index (χ1n) is 3.63. The van der Waals surface area contributed by atoms with E-state index in [0.29, 0.717) is 16.0 Å². The number of aromatic amines is 2. The number of H-pyrrole nitrogens is 2. The molecule has 0 amide bonds. The predicted molar refractivity (Wildman–Crippen MR) is 49.9 cm³/mol. The molecule has 2 heterocycles. The summed E-state index contributed by atoms with van der Waals surface area (Å²) in [4.78, 5) is 15.8. The lowest BCUT2D eigenvalue weighted by Crippen LogP contribution is -2.09. The Bertz CT molecular complexity index is 509. The van der Waals surface area contributed by atoms with Gasteiger partial charge < -0.3 is 9.40 Å². The largest absolute Gasteiger partial charge is 0.464 e. The molecular weight excluding hydrogens is 188 g/mol. The van der Waals surface area contributed by atoms with Gasteiger partial charge in [-0.05, 0) is 12.1 Å². The fourth-order valence-electron chi connectivity index (χ4n) is 1.02. The monoisotopic (exact) mass is 194 g/mol. The minimum atomic E-state index is -0.319. The molecule has 0 saturated carbocycles. The molecule has 0 spiro atoms. The molecule has 0 aliphatic carbocycles. The molecule has 0 atom stereocenters. The molecule has 2 aromatic rings. The first-order chi connectivity index (χ1) is 6.27. The second-order valence-corrected chi connectivity index (χ2v) is 2.87. The average molecular weight is 194 g/mol. The van der Waals surface area contributed by atoms with Crippen molar-refractivity contribution in [3.63, 3.8) is 0 Å². The summed E-state index contributed by atoms with van der Waals surface area (Å²) in [6.07, 6.45) is 3.08. The Labute approximate surface area is 78.2 Å². The Kier molecular flexibility index (Phi) is 1.86. The predicted octanol–water partition coefficient (Wildman–Crippen LogP) is 1.69. The molecule has 2 aromatic heterocycles. The van der Waals surface area contributed by atoms with Gasteiger partial charge in [0.05, 0.1) is 11.8 Å². The van der Waals surface area contributed by atoms with Crippen LogP contribution in [0.4, 0.5) is 0 Å². The summed E-state index contributed by atoms with van der Waals surface area (Å²) < 4.78 is 5.51. The van der Waals surface area contributed by atoms with Crippen LogP contribution >= 0.6 is 12.2 Å². The Morgan fingerprint density at radius 1 is 1.46 bits per heavy atom. The standard InChI is InChI=1S/C8H6N2O2S/c11-8-9-4-5(7(13)10-8)6-2-1-3-12-6/h1-4H,(H2,9,10,11,13). The second-order valence-electron chi connectivity index (χ2n) is 2.46. The van der Waals surface area contributed by atoms with E-state index in [-0.39, 0.29) is 5.69 Å². The number of hydrogen-bond acceptors (Lipinski definition) is 3. The first-order valence-corrected chi connectivity index (χ1v) is 4.04. The summed E-state index contributed by atoms with van der Waals surface area (Å²) in [6.45, 7) is 0. The van der Waals surface area contributed by atoms with Gasteiger partial charge in [-0.15, -0.1) is 0 Å². The third-order valence-electron chi connectivity index (χ3n) is 1.61. The minimum absolute atomic E-state index is 0.319. The van der Waals surface area contributed by atoms with Gasteiger partial charge in [0.1, 0.15) is 10.4 Å². The summed E-state index contributed by atoms with van der Waals surface area (Å²) in [5, 5.41) is 0. The van der Waals surface area contributed by atoms with Crippen LogP contribution in [0, 0.1) is 4.64 Å². The van der Waals surface area contributed by atoms with Crippen molar-refractivity contribution in [2.24, 2.45) is 0 Å². The van der Waals surface area contributed by atoms with Crippen molar-refractivity contribution in [1.82, 2.24) is 9.97 Å². The van der Waals surface area contributed by atoms with Crippen molar-refractivity contribution < 1.29 is 4.42 Å². The Morgan fingerprint density at radius 3 is 2.92 bits per heavy atom. The van der Waals surface area contributed by atoms with E-state index in [0.717, 1.165) is 0 Å². The molecule has 4 nitrogen and oxygen atoms in total. The number of rotatable bonds is 1.